The lowest BCUT2D eigenvalue weighted by molar-refractivity contribution is -0.126. The molecule has 0 aliphatic heterocycles. The smallest absolute Gasteiger partial charge is 0.246 e. The average Bonchev–Trinajstić information content (AvgIpc) is 2.16. The highest BCUT2D eigenvalue weighted by atomic mass is 16.5. The molecule has 1 amide bonds. The molecule has 16 heavy (non-hydrogen) atoms. The molecule has 4 heteroatoms. The van der Waals surface area contributed by atoms with E-state index < -0.39 is 0 Å². The Hall–Kier alpha value is -0.610. The number of rotatable bonds is 5. The normalized spacial score (nSPS) is 30.1. The molecule has 0 heterocycles. The van der Waals surface area contributed by atoms with Gasteiger partial charge in [0.15, 0.2) is 0 Å². The molecule has 1 aliphatic rings. The molecule has 0 aromatic rings. The second kappa shape index (κ2) is 6.86. The quantitative estimate of drug-likeness (QED) is 0.687. The molecule has 1 rings (SSSR count). The Morgan fingerprint density at radius 2 is 1.94 bits per heavy atom. The van der Waals surface area contributed by atoms with Crippen molar-refractivity contribution in [2.45, 2.75) is 39.2 Å². The van der Waals surface area contributed by atoms with E-state index in [0.717, 1.165) is 12.8 Å². The summed E-state index contributed by atoms with van der Waals surface area (Å²) < 4.78 is 5.10. The summed E-state index contributed by atoms with van der Waals surface area (Å²) in [7, 11) is 0. The van der Waals surface area contributed by atoms with Crippen LogP contribution >= 0.6 is 0 Å². The van der Waals surface area contributed by atoms with E-state index in [2.05, 4.69) is 19.2 Å². The van der Waals surface area contributed by atoms with Crippen molar-refractivity contribution < 1.29 is 9.53 Å². The first-order valence-electron chi connectivity index (χ1n) is 6.19. The van der Waals surface area contributed by atoms with Crippen molar-refractivity contribution in [3.05, 3.63) is 0 Å². The third-order valence-electron chi connectivity index (χ3n) is 3.04. The first-order chi connectivity index (χ1) is 7.61. The molecule has 2 unspecified atom stereocenters. The molecular weight excluding hydrogens is 204 g/mol. The summed E-state index contributed by atoms with van der Waals surface area (Å²) in [4.78, 5) is 11.5. The van der Waals surface area contributed by atoms with Gasteiger partial charge in [-0.2, -0.15) is 0 Å². The van der Waals surface area contributed by atoms with Crippen LogP contribution < -0.4 is 11.1 Å². The number of carbonyl (C=O) groups excluding carboxylic acids is 1. The van der Waals surface area contributed by atoms with Gasteiger partial charge in [0.25, 0.3) is 0 Å². The van der Waals surface area contributed by atoms with Gasteiger partial charge in [-0.05, 0) is 31.1 Å². The van der Waals surface area contributed by atoms with Gasteiger partial charge >= 0.3 is 0 Å². The van der Waals surface area contributed by atoms with Gasteiger partial charge in [-0.1, -0.05) is 13.8 Å². The van der Waals surface area contributed by atoms with Gasteiger partial charge in [-0.3, -0.25) is 4.79 Å². The topological polar surface area (TPSA) is 64.3 Å². The Kier molecular flexibility index (Phi) is 5.77. The average molecular weight is 228 g/mol. The van der Waals surface area contributed by atoms with E-state index in [0.29, 0.717) is 31.0 Å². The van der Waals surface area contributed by atoms with Crippen LogP contribution in [0.4, 0.5) is 0 Å². The highest BCUT2D eigenvalue weighted by Gasteiger charge is 2.24. The fraction of sp³-hybridized carbons (Fsp3) is 0.917. The van der Waals surface area contributed by atoms with Crippen molar-refractivity contribution in [1.82, 2.24) is 5.32 Å². The van der Waals surface area contributed by atoms with Crippen LogP contribution in [0.5, 0.6) is 0 Å². The molecule has 0 aromatic carbocycles. The molecular formula is C12H24N2O2. The Balaban J connectivity index is 2.22. The summed E-state index contributed by atoms with van der Waals surface area (Å²) in [6.07, 6.45) is 3.45. The van der Waals surface area contributed by atoms with Crippen molar-refractivity contribution in [2.24, 2.45) is 17.6 Å². The lowest BCUT2D eigenvalue weighted by Crippen LogP contribution is -2.41. The Labute approximate surface area is 97.9 Å². The van der Waals surface area contributed by atoms with Crippen molar-refractivity contribution in [2.75, 3.05) is 19.8 Å². The molecule has 0 saturated heterocycles. The molecule has 2 atom stereocenters. The van der Waals surface area contributed by atoms with Crippen LogP contribution in [-0.2, 0) is 9.53 Å². The minimum atomic E-state index is -0.0141. The monoisotopic (exact) mass is 228 g/mol. The van der Waals surface area contributed by atoms with E-state index in [1.54, 1.807) is 0 Å². The number of amides is 1. The zero-order valence-corrected chi connectivity index (χ0v) is 10.4. The van der Waals surface area contributed by atoms with Crippen molar-refractivity contribution >= 4 is 5.91 Å². The van der Waals surface area contributed by atoms with Gasteiger partial charge in [-0.15, -0.1) is 0 Å². The summed E-state index contributed by atoms with van der Waals surface area (Å²) in [5.41, 5.74) is 5.28. The van der Waals surface area contributed by atoms with Gasteiger partial charge in [0.2, 0.25) is 5.91 Å². The standard InChI is InChI=1S/C12H24N2O2/c1-9-5-10(2)7-11(6-9)14-12(15)8-16-4-3-13/h9-11H,3-8,13H2,1-2H3,(H,14,15). The highest BCUT2D eigenvalue weighted by Crippen LogP contribution is 2.28. The predicted octanol–water partition coefficient (Wildman–Crippen LogP) is 0.903. The van der Waals surface area contributed by atoms with E-state index in [4.69, 9.17) is 10.5 Å². The van der Waals surface area contributed by atoms with Gasteiger partial charge in [0, 0.05) is 12.6 Å². The van der Waals surface area contributed by atoms with Crippen LogP contribution in [0.2, 0.25) is 0 Å². The molecule has 1 fully saturated rings. The third kappa shape index (κ3) is 4.94. The maximum atomic E-state index is 11.5. The highest BCUT2D eigenvalue weighted by molar-refractivity contribution is 5.77. The fourth-order valence-electron chi connectivity index (χ4n) is 2.58. The number of nitrogens with one attached hydrogen (secondary N) is 1. The maximum Gasteiger partial charge on any atom is 0.246 e. The largest absolute Gasteiger partial charge is 0.370 e. The number of hydrogen-bond acceptors (Lipinski definition) is 3. The van der Waals surface area contributed by atoms with E-state index in [9.17, 15) is 4.79 Å². The number of carbonyl (C=O) groups is 1. The first-order valence-corrected chi connectivity index (χ1v) is 6.19. The Bertz CT molecular complexity index is 211. The van der Waals surface area contributed by atoms with Crippen LogP contribution in [0.1, 0.15) is 33.1 Å². The molecule has 1 aliphatic carbocycles. The molecule has 0 bridgehead atoms. The summed E-state index contributed by atoms with van der Waals surface area (Å²) in [5.74, 6) is 1.40. The van der Waals surface area contributed by atoms with Crippen molar-refractivity contribution in [3.8, 4) is 0 Å². The van der Waals surface area contributed by atoms with Crippen LogP contribution in [0.25, 0.3) is 0 Å². The molecule has 94 valence electrons. The number of nitrogens with two attached hydrogens (primary N) is 1. The molecule has 3 N–H and O–H groups in total. The van der Waals surface area contributed by atoms with Crippen LogP contribution in [0.15, 0.2) is 0 Å². The summed E-state index contributed by atoms with van der Waals surface area (Å²) in [6, 6.07) is 0.327. The van der Waals surface area contributed by atoms with Gasteiger partial charge in [0.05, 0.1) is 6.61 Å². The number of hydrogen-bond donors (Lipinski definition) is 2. The van der Waals surface area contributed by atoms with Gasteiger partial charge in [-0.25, -0.2) is 0 Å². The van der Waals surface area contributed by atoms with Crippen molar-refractivity contribution in [3.63, 3.8) is 0 Å². The minimum absolute atomic E-state index is 0.0141. The van der Waals surface area contributed by atoms with Crippen LogP contribution in [0.3, 0.4) is 0 Å². The second-order valence-corrected chi connectivity index (χ2v) is 5.02. The van der Waals surface area contributed by atoms with Crippen LogP contribution in [0, 0.1) is 11.8 Å². The van der Waals surface area contributed by atoms with Crippen molar-refractivity contribution in [1.29, 1.82) is 0 Å². The lowest BCUT2D eigenvalue weighted by atomic mass is 9.80. The Morgan fingerprint density at radius 1 is 1.31 bits per heavy atom. The fourth-order valence-corrected chi connectivity index (χ4v) is 2.58. The van der Waals surface area contributed by atoms with Gasteiger partial charge < -0.3 is 15.8 Å². The molecule has 1 saturated carbocycles. The van der Waals surface area contributed by atoms with E-state index >= 15 is 0 Å². The molecule has 0 aromatic heterocycles. The molecule has 0 spiro atoms. The van der Waals surface area contributed by atoms with Crippen LogP contribution in [-0.4, -0.2) is 31.7 Å². The summed E-state index contributed by atoms with van der Waals surface area (Å²) >= 11 is 0. The third-order valence-corrected chi connectivity index (χ3v) is 3.04. The minimum Gasteiger partial charge on any atom is -0.370 e. The van der Waals surface area contributed by atoms with Gasteiger partial charge in [0.1, 0.15) is 6.61 Å². The zero-order valence-electron chi connectivity index (χ0n) is 10.4. The summed E-state index contributed by atoms with van der Waals surface area (Å²) in [5, 5.41) is 3.03. The lowest BCUT2D eigenvalue weighted by Gasteiger charge is -2.31. The zero-order chi connectivity index (χ0) is 12.0. The summed E-state index contributed by atoms with van der Waals surface area (Å²) in [6.45, 7) is 5.55. The molecule has 0 radical (unpaired) electrons. The maximum absolute atomic E-state index is 11.5. The van der Waals surface area contributed by atoms with E-state index in [1.807, 2.05) is 0 Å². The van der Waals surface area contributed by atoms with E-state index in [1.165, 1.54) is 6.42 Å². The predicted molar refractivity (Wildman–Crippen MR) is 64.0 cm³/mol. The molecule has 4 nitrogen and oxygen atoms in total. The Morgan fingerprint density at radius 3 is 2.50 bits per heavy atom. The first kappa shape index (κ1) is 13.5. The SMILES string of the molecule is CC1CC(C)CC(NC(=O)COCCN)C1. The van der Waals surface area contributed by atoms with E-state index in [-0.39, 0.29) is 12.5 Å². The second-order valence-electron chi connectivity index (χ2n) is 5.02. The number of ether oxygens (including phenoxy) is 1.